The van der Waals surface area contributed by atoms with Gasteiger partial charge in [0, 0.05) is 31.3 Å². The summed E-state index contributed by atoms with van der Waals surface area (Å²) in [5.41, 5.74) is 3.21. The van der Waals surface area contributed by atoms with Crippen molar-refractivity contribution in [2.45, 2.75) is 77.7 Å². The van der Waals surface area contributed by atoms with E-state index in [0.29, 0.717) is 43.7 Å². The van der Waals surface area contributed by atoms with Crippen LogP contribution in [-0.4, -0.2) is 41.3 Å². The van der Waals surface area contributed by atoms with Crippen LogP contribution in [0.4, 0.5) is 5.69 Å². The van der Waals surface area contributed by atoms with Gasteiger partial charge in [0.1, 0.15) is 6.04 Å². The molecule has 2 N–H and O–H groups in total. The maximum Gasteiger partial charge on any atom is 0.254 e. The lowest BCUT2D eigenvalue weighted by molar-refractivity contribution is -0.120. The molecule has 1 saturated carbocycles. The van der Waals surface area contributed by atoms with Crippen molar-refractivity contribution < 1.29 is 19.1 Å². The van der Waals surface area contributed by atoms with E-state index < -0.39 is 6.04 Å². The first kappa shape index (κ1) is 25.9. The maximum absolute atomic E-state index is 13.2. The number of rotatable bonds is 8. The van der Waals surface area contributed by atoms with E-state index in [9.17, 15) is 14.4 Å². The van der Waals surface area contributed by atoms with E-state index in [4.69, 9.17) is 4.74 Å². The number of nitrogens with one attached hydrogen (secondary N) is 2. The van der Waals surface area contributed by atoms with Crippen LogP contribution in [0, 0.1) is 5.92 Å². The fourth-order valence-corrected chi connectivity index (χ4v) is 5.15. The van der Waals surface area contributed by atoms with Gasteiger partial charge in [0.2, 0.25) is 11.8 Å². The number of carbonyl (C=O) groups excluding carboxylic acids is 3. The summed E-state index contributed by atoms with van der Waals surface area (Å²) in [5, 5.41) is 5.76. The van der Waals surface area contributed by atoms with E-state index in [0.717, 1.165) is 36.1 Å². The molecule has 1 aliphatic heterocycles. The average molecular weight is 492 g/mol. The minimum atomic E-state index is -0.500. The third kappa shape index (κ3) is 6.94. The number of hydrogen-bond acceptors (Lipinski definition) is 4. The summed E-state index contributed by atoms with van der Waals surface area (Å²) < 4.78 is 6.15. The summed E-state index contributed by atoms with van der Waals surface area (Å²) >= 11 is 0. The Morgan fingerprint density at radius 2 is 1.81 bits per heavy atom. The molecule has 7 heteroatoms. The van der Waals surface area contributed by atoms with Crippen LogP contribution < -0.4 is 10.6 Å². The SMILES string of the molecule is CC(=O)NCc1ccc(C(=O)N2CCCC2C(=O)Nc2cccc(COC3CCCC(C)C3)c2)cc1. The van der Waals surface area contributed by atoms with Gasteiger partial charge < -0.3 is 20.3 Å². The lowest BCUT2D eigenvalue weighted by atomic mass is 9.89. The molecular weight excluding hydrogens is 454 g/mol. The van der Waals surface area contributed by atoms with Gasteiger partial charge in [-0.2, -0.15) is 0 Å². The predicted molar refractivity (Wildman–Crippen MR) is 139 cm³/mol. The van der Waals surface area contributed by atoms with Crippen molar-refractivity contribution in [2.24, 2.45) is 5.92 Å². The van der Waals surface area contributed by atoms with E-state index in [1.54, 1.807) is 17.0 Å². The van der Waals surface area contributed by atoms with Crippen LogP contribution in [0.1, 0.15) is 73.9 Å². The molecule has 0 radical (unpaired) electrons. The minimum absolute atomic E-state index is 0.0991. The van der Waals surface area contributed by atoms with Crippen LogP contribution in [0.3, 0.4) is 0 Å². The van der Waals surface area contributed by atoms with Crippen molar-refractivity contribution in [1.29, 1.82) is 0 Å². The van der Waals surface area contributed by atoms with Gasteiger partial charge in [-0.05, 0) is 67.0 Å². The van der Waals surface area contributed by atoms with Crippen molar-refractivity contribution in [3.8, 4) is 0 Å². The second-order valence-electron chi connectivity index (χ2n) is 10.2. The third-order valence-corrected chi connectivity index (χ3v) is 7.13. The summed E-state index contributed by atoms with van der Waals surface area (Å²) in [6, 6.07) is 14.4. The lowest BCUT2D eigenvalue weighted by Gasteiger charge is -2.27. The van der Waals surface area contributed by atoms with Crippen LogP contribution in [0.15, 0.2) is 48.5 Å². The van der Waals surface area contributed by atoms with Gasteiger partial charge in [0.05, 0.1) is 12.7 Å². The number of hydrogen-bond donors (Lipinski definition) is 2. The Bertz CT molecular complexity index is 1070. The third-order valence-electron chi connectivity index (χ3n) is 7.13. The first-order valence-corrected chi connectivity index (χ1v) is 13.0. The summed E-state index contributed by atoms with van der Waals surface area (Å²) in [5.74, 6) is 0.302. The van der Waals surface area contributed by atoms with E-state index in [2.05, 4.69) is 17.6 Å². The number of carbonyl (C=O) groups is 3. The molecule has 1 saturated heterocycles. The number of benzene rings is 2. The molecule has 0 bridgehead atoms. The molecular formula is C29H37N3O4. The normalized spacial score (nSPS) is 21.7. The first-order chi connectivity index (χ1) is 17.4. The molecule has 0 aromatic heterocycles. The Balaban J connectivity index is 1.33. The van der Waals surface area contributed by atoms with Gasteiger partial charge in [0.25, 0.3) is 5.91 Å². The number of nitrogens with zero attached hydrogens (tertiary/aromatic N) is 1. The molecule has 2 aromatic rings. The van der Waals surface area contributed by atoms with Crippen molar-refractivity contribution in [2.75, 3.05) is 11.9 Å². The number of likely N-dealkylation sites (tertiary alicyclic amines) is 1. The van der Waals surface area contributed by atoms with Gasteiger partial charge >= 0.3 is 0 Å². The zero-order valence-electron chi connectivity index (χ0n) is 21.3. The molecule has 4 rings (SSSR count). The highest BCUT2D eigenvalue weighted by atomic mass is 16.5. The number of amides is 3. The highest BCUT2D eigenvalue weighted by Gasteiger charge is 2.34. The molecule has 3 amide bonds. The number of ether oxygens (including phenoxy) is 1. The van der Waals surface area contributed by atoms with E-state index >= 15 is 0 Å². The molecule has 7 nitrogen and oxygen atoms in total. The Hall–Kier alpha value is -3.19. The fourth-order valence-electron chi connectivity index (χ4n) is 5.15. The van der Waals surface area contributed by atoms with E-state index in [-0.39, 0.29) is 17.7 Å². The topological polar surface area (TPSA) is 87.7 Å². The molecule has 2 aliphatic rings. The molecule has 2 fully saturated rings. The predicted octanol–water partition coefficient (Wildman–Crippen LogP) is 4.66. The Morgan fingerprint density at radius 1 is 1.00 bits per heavy atom. The minimum Gasteiger partial charge on any atom is -0.374 e. The van der Waals surface area contributed by atoms with Crippen LogP contribution in [0.2, 0.25) is 0 Å². The van der Waals surface area contributed by atoms with Crippen molar-refractivity contribution in [1.82, 2.24) is 10.2 Å². The Kier molecular flexibility index (Phi) is 8.75. The zero-order valence-corrected chi connectivity index (χ0v) is 21.3. The summed E-state index contributed by atoms with van der Waals surface area (Å²) in [6.07, 6.45) is 6.47. The Labute approximate surface area is 213 Å². The molecule has 3 atom stereocenters. The molecule has 36 heavy (non-hydrogen) atoms. The van der Waals surface area contributed by atoms with Gasteiger partial charge in [-0.1, -0.05) is 44.0 Å². The van der Waals surface area contributed by atoms with Crippen LogP contribution >= 0.6 is 0 Å². The summed E-state index contributed by atoms with van der Waals surface area (Å²) in [7, 11) is 0. The lowest BCUT2D eigenvalue weighted by Crippen LogP contribution is -2.43. The molecule has 2 aromatic carbocycles. The van der Waals surface area contributed by atoms with E-state index in [1.807, 2.05) is 36.4 Å². The second kappa shape index (κ2) is 12.2. The summed E-state index contributed by atoms with van der Waals surface area (Å²) in [6.45, 7) is 5.26. The standard InChI is InChI=1S/C29H37N3O4/c1-20-6-3-9-26(16-20)36-19-23-7-4-8-25(17-23)31-28(34)27-10-5-15-32(27)29(35)24-13-11-22(12-14-24)18-30-21(2)33/h4,7-8,11-14,17,20,26-27H,3,5-6,9-10,15-16,18-19H2,1-2H3,(H,30,33)(H,31,34). The molecule has 1 heterocycles. The van der Waals surface area contributed by atoms with Crippen molar-refractivity contribution >= 4 is 23.4 Å². The zero-order chi connectivity index (χ0) is 25.5. The van der Waals surface area contributed by atoms with Gasteiger partial charge in [-0.3, -0.25) is 14.4 Å². The smallest absolute Gasteiger partial charge is 0.254 e. The van der Waals surface area contributed by atoms with Crippen LogP contribution in [0.25, 0.3) is 0 Å². The van der Waals surface area contributed by atoms with Crippen molar-refractivity contribution in [3.63, 3.8) is 0 Å². The van der Waals surface area contributed by atoms with Gasteiger partial charge in [0.15, 0.2) is 0 Å². The molecule has 0 spiro atoms. The maximum atomic E-state index is 13.2. The van der Waals surface area contributed by atoms with Crippen LogP contribution in [-0.2, 0) is 27.5 Å². The van der Waals surface area contributed by atoms with Gasteiger partial charge in [-0.15, -0.1) is 0 Å². The largest absolute Gasteiger partial charge is 0.374 e. The van der Waals surface area contributed by atoms with Gasteiger partial charge in [-0.25, -0.2) is 0 Å². The molecule has 1 aliphatic carbocycles. The highest BCUT2D eigenvalue weighted by Crippen LogP contribution is 2.27. The second-order valence-corrected chi connectivity index (χ2v) is 10.2. The highest BCUT2D eigenvalue weighted by molar-refractivity contribution is 6.01. The first-order valence-electron chi connectivity index (χ1n) is 13.0. The summed E-state index contributed by atoms with van der Waals surface area (Å²) in [4.78, 5) is 39.1. The molecule has 3 unspecified atom stereocenters. The monoisotopic (exact) mass is 491 g/mol. The van der Waals surface area contributed by atoms with E-state index in [1.165, 1.54) is 19.8 Å². The average Bonchev–Trinajstić information content (AvgIpc) is 3.37. The Morgan fingerprint density at radius 3 is 2.56 bits per heavy atom. The molecule has 192 valence electrons. The fraction of sp³-hybridized carbons (Fsp3) is 0.483. The number of anilines is 1. The van der Waals surface area contributed by atoms with Crippen molar-refractivity contribution in [3.05, 3.63) is 65.2 Å². The quantitative estimate of drug-likeness (QED) is 0.562. The van der Waals surface area contributed by atoms with Crippen LogP contribution in [0.5, 0.6) is 0 Å².